The van der Waals surface area contributed by atoms with Gasteiger partial charge in [-0.2, -0.15) is 0 Å². The summed E-state index contributed by atoms with van der Waals surface area (Å²) < 4.78 is 4.96. The quantitative estimate of drug-likeness (QED) is 0.446. The Morgan fingerprint density at radius 3 is 2.78 bits per heavy atom. The first-order chi connectivity index (χ1) is 13.0. The molecule has 0 spiro atoms. The van der Waals surface area contributed by atoms with Crippen LogP contribution in [0.2, 0.25) is 0 Å². The zero-order valence-electron chi connectivity index (χ0n) is 16.0. The maximum absolute atomic E-state index is 13.0. The largest absolute Gasteiger partial charge is 0.383 e. The van der Waals surface area contributed by atoms with Gasteiger partial charge in [-0.25, -0.2) is 0 Å². The summed E-state index contributed by atoms with van der Waals surface area (Å²) in [6, 6.07) is 5.20. The van der Waals surface area contributed by atoms with Crippen molar-refractivity contribution >= 4 is 17.3 Å². The average molecular weight is 376 g/mol. The lowest BCUT2D eigenvalue weighted by Crippen LogP contribution is -2.38. The van der Waals surface area contributed by atoms with E-state index in [0.29, 0.717) is 37.0 Å². The molecule has 0 aromatic heterocycles. The van der Waals surface area contributed by atoms with Crippen LogP contribution < -0.4 is 5.32 Å². The molecule has 8 nitrogen and oxygen atoms in total. The van der Waals surface area contributed by atoms with Gasteiger partial charge in [-0.3, -0.25) is 19.8 Å². The van der Waals surface area contributed by atoms with Crippen molar-refractivity contribution < 1.29 is 14.5 Å². The minimum Gasteiger partial charge on any atom is -0.383 e. The molecule has 1 amide bonds. The Morgan fingerprint density at radius 2 is 2.11 bits per heavy atom. The van der Waals surface area contributed by atoms with Crippen LogP contribution in [0.4, 0.5) is 11.4 Å². The second-order valence-electron chi connectivity index (χ2n) is 7.35. The summed E-state index contributed by atoms with van der Waals surface area (Å²) in [4.78, 5) is 28.3. The third-order valence-corrected chi connectivity index (χ3v) is 5.53. The number of benzene rings is 1. The van der Waals surface area contributed by atoms with Crippen LogP contribution >= 0.6 is 0 Å². The molecule has 1 aromatic carbocycles. The lowest BCUT2D eigenvalue weighted by Gasteiger charge is -2.24. The zero-order valence-corrected chi connectivity index (χ0v) is 16.0. The molecule has 1 N–H and O–H groups in total. The first kappa shape index (κ1) is 19.6. The second-order valence-corrected chi connectivity index (χ2v) is 7.35. The molecule has 3 rings (SSSR count). The molecular weight excluding hydrogens is 348 g/mol. The summed E-state index contributed by atoms with van der Waals surface area (Å²) in [7, 11) is 1.57. The van der Waals surface area contributed by atoms with Crippen LogP contribution in [0.1, 0.15) is 36.5 Å². The van der Waals surface area contributed by atoms with Gasteiger partial charge < -0.3 is 15.0 Å². The van der Waals surface area contributed by atoms with Gasteiger partial charge in [0.2, 0.25) is 0 Å². The van der Waals surface area contributed by atoms with E-state index in [9.17, 15) is 14.9 Å². The summed E-state index contributed by atoms with van der Waals surface area (Å²) in [5, 5.41) is 14.4. The molecule has 27 heavy (non-hydrogen) atoms. The first-order valence-electron chi connectivity index (χ1n) is 9.57. The van der Waals surface area contributed by atoms with Crippen LogP contribution in [0.25, 0.3) is 0 Å². The highest BCUT2D eigenvalue weighted by atomic mass is 16.6. The molecule has 2 saturated heterocycles. The fourth-order valence-electron chi connectivity index (χ4n) is 4.08. The summed E-state index contributed by atoms with van der Waals surface area (Å²) in [5.74, 6) is -0.129. The van der Waals surface area contributed by atoms with Crippen molar-refractivity contribution in [2.45, 2.75) is 38.3 Å². The van der Waals surface area contributed by atoms with E-state index in [2.05, 4.69) is 17.1 Å². The van der Waals surface area contributed by atoms with Gasteiger partial charge in [-0.05, 0) is 51.4 Å². The number of carbonyl (C=O) groups excluding carboxylic acids is 1. The van der Waals surface area contributed by atoms with Crippen LogP contribution in [0.3, 0.4) is 0 Å². The van der Waals surface area contributed by atoms with E-state index in [-0.39, 0.29) is 17.6 Å². The Bertz CT molecular complexity index is 690. The van der Waals surface area contributed by atoms with Gasteiger partial charge in [-0.15, -0.1) is 0 Å². The summed E-state index contributed by atoms with van der Waals surface area (Å²) >= 11 is 0. The Labute approximate surface area is 159 Å². The van der Waals surface area contributed by atoms with Crippen molar-refractivity contribution in [1.29, 1.82) is 0 Å². The number of hydrogen-bond acceptors (Lipinski definition) is 6. The molecule has 8 heteroatoms. The van der Waals surface area contributed by atoms with E-state index in [1.54, 1.807) is 19.2 Å². The number of nitrogens with one attached hydrogen (secondary N) is 1. The number of anilines is 1. The third kappa shape index (κ3) is 4.39. The summed E-state index contributed by atoms with van der Waals surface area (Å²) in [6.07, 6.45) is 3.41. The highest BCUT2D eigenvalue weighted by Crippen LogP contribution is 2.29. The molecule has 0 unspecified atom stereocenters. The molecule has 0 aliphatic carbocycles. The van der Waals surface area contributed by atoms with E-state index < -0.39 is 4.92 Å². The number of likely N-dealkylation sites (tertiary alicyclic amines) is 2. The van der Waals surface area contributed by atoms with Crippen LogP contribution in [-0.4, -0.2) is 72.6 Å². The monoisotopic (exact) mass is 376 g/mol. The van der Waals surface area contributed by atoms with Crippen LogP contribution in [-0.2, 0) is 4.74 Å². The zero-order chi connectivity index (χ0) is 19.4. The number of ether oxygens (including phenoxy) is 1. The van der Waals surface area contributed by atoms with Gasteiger partial charge in [0.25, 0.3) is 11.6 Å². The maximum atomic E-state index is 13.0. The van der Waals surface area contributed by atoms with E-state index in [0.717, 1.165) is 19.5 Å². The number of amides is 1. The van der Waals surface area contributed by atoms with Crippen molar-refractivity contribution in [1.82, 2.24) is 9.80 Å². The Balaban J connectivity index is 1.73. The molecular formula is C19H28N4O4. The molecule has 2 aliphatic rings. The number of nitrogens with zero attached hydrogens (tertiary/aromatic N) is 3. The molecule has 1 aromatic rings. The van der Waals surface area contributed by atoms with Crippen molar-refractivity contribution in [2.75, 3.05) is 45.2 Å². The normalized spacial score (nSPS) is 23.0. The molecule has 2 atom stereocenters. The standard InChI is InChI=1S/C19H28N4O4/c1-14-11-16(21-8-3-4-9-21)13-22(14)19(24)15-5-6-17(20-7-10-27-2)18(12-15)23(25)26/h5-6,12,14,16,20H,3-4,7-11,13H2,1-2H3/t14-,16+/m1/s1. The maximum Gasteiger partial charge on any atom is 0.293 e. The number of methoxy groups -OCH3 is 1. The first-order valence-corrected chi connectivity index (χ1v) is 9.57. The lowest BCUT2D eigenvalue weighted by atomic mass is 10.1. The highest BCUT2D eigenvalue weighted by molar-refractivity contribution is 5.96. The molecule has 2 fully saturated rings. The predicted molar refractivity (Wildman–Crippen MR) is 103 cm³/mol. The number of hydrogen-bond donors (Lipinski definition) is 1. The van der Waals surface area contributed by atoms with E-state index in [4.69, 9.17) is 4.74 Å². The van der Waals surface area contributed by atoms with E-state index >= 15 is 0 Å². The van der Waals surface area contributed by atoms with Crippen LogP contribution in [0.5, 0.6) is 0 Å². The van der Waals surface area contributed by atoms with Gasteiger partial charge >= 0.3 is 0 Å². The minimum atomic E-state index is -0.452. The second kappa shape index (κ2) is 8.67. The number of nitro benzene ring substituents is 1. The number of carbonyl (C=O) groups is 1. The fraction of sp³-hybridized carbons (Fsp3) is 0.632. The van der Waals surface area contributed by atoms with Crippen molar-refractivity contribution in [2.24, 2.45) is 0 Å². The number of rotatable bonds is 7. The van der Waals surface area contributed by atoms with Crippen molar-refractivity contribution in [3.63, 3.8) is 0 Å². The topological polar surface area (TPSA) is 88.0 Å². The van der Waals surface area contributed by atoms with E-state index in [1.165, 1.54) is 18.9 Å². The summed E-state index contributed by atoms with van der Waals surface area (Å²) in [5.41, 5.74) is 0.686. The van der Waals surface area contributed by atoms with E-state index in [1.807, 2.05) is 4.90 Å². The molecule has 2 heterocycles. The van der Waals surface area contributed by atoms with Gasteiger partial charge in [0.1, 0.15) is 5.69 Å². The van der Waals surface area contributed by atoms with Crippen molar-refractivity contribution in [3.05, 3.63) is 33.9 Å². The molecule has 0 saturated carbocycles. The van der Waals surface area contributed by atoms with Crippen LogP contribution in [0, 0.1) is 10.1 Å². The van der Waals surface area contributed by atoms with Gasteiger partial charge in [0, 0.05) is 43.9 Å². The molecule has 2 aliphatic heterocycles. The SMILES string of the molecule is COCCNc1ccc(C(=O)N2C[C@@H](N3CCCC3)C[C@H]2C)cc1[N+](=O)[O-]. The van der Waals surface area contributed by atoms with Gasteiger partial charge in [-0.1, -0.05) is 0 Å². The Kier molecular flexibility index (Phi) is 6.28. The lowest BCUT2D eigenvalue weighted by molar-refractivity contribution is -0.384. The highest BCUT2D eigenvalue weighted by Gasteiger charge is 2.37. The Hall–Kier alpha value is -2.19. The fourth-order valence-corrected chi connectivity index (χ4v) is 4.08. The average Bonchev–Trinajstić information content (AvgIpc) is 3.31. The minimum absolute atomic E-state index is 0.0834. The molecule has 0 radical (unpaired) electrons. The third-order valence-electron chi connectivity index (χ3n) is 5.53. The smallest absolute Gasteiger partial charge is 0.293 e. The number of nitro groups is 1. The molecule has 0 bridgehead atoms. The predicted octanol–water partition coefficient (Wildman–Crippen LogP) is 2.35. The molecule has 148 valence electrons. The summed E-state index contributed by atoms with van der Waals surface area (Å²) in [6.45, 7) is 5.87. The Morgan fingerprint density at radius 1 is 1.37 bits per heavy atom. The van der Waals surface area contributed by atoms with Crippen LogP contribution in [0.15, 0.2) is 18.2 Å². The van der Waals surface area contributed by atoms with Gasteiger partial charge in [0.15, 0.2) is 0 Å². The van der Waals surface area contributed by atoms with Gasteiger partial charge in [0.05, 0.1) is 11.5 Å². The van der Waals surface area contributed by atoms with Crippen molar-refractivity contribution in [3.8, 4) is 0 Å².